The molecule has 0 unspecified atom stereocenters. The third kappa shape index (κ3) is 5.78. The van der Waals surface area contributed by atoms with Crippen LogP contribution in [0, 0.1) is 11.3 Å². The molecule has 1 aromatic heterocycles. The monoisotopic (exact) mass is 373 g/mol. The zero-order chi connectivity index (χ0) is 19.1. The highest BCUT2D eigenvalue weighted by molar-refractivity contribution is 5.54. The molecule has 2 aliphatic carbocycles. The number of hydrogen-bond acceptors (Lipinski definition) is 7. The Morgan fingerprint density at radius 2 is 1.93 bits per heavy atom. The molecule has 0 radical (unpaired) electrons. The van der Waals surface area contributed by atoms with Gasteiger partial charge in [0.2, 0.25) is 5.95 Å². The highest BCUT2D eigenvalue weighted by Gasteiger charge is 2.23. The van der Waals surface area contributed by atoms with Crippen LogP contribution in [-0.2, 0) is 4.74 Å². The zero-order valence-corrected chi connectivity index (χ0v) is 16.2. The average Bonchev–Trinajstić information content (AvgIpc) is 2.87. The molecular formula is C20H31N5O2. The van der Waals surface area contributed by atoms with Gasteiger partial charge in [0.05, 0.1) is 18.4 Å². The lowest BCUT2D eigenvalue weighted by Gasteiger charge is -2.29. The molecule has 0 amide bonds. The predicted molar refractivity (Wildman–Crippen MR) is 105 cm³/mol. The summed E-state index contributed by atoms with van der Waals surface area (Å²) in [6.45, 7) is 2.81. The van der Waals surface area contributed by atoms with Gasteiger partial charge in [-0.05, 0) is 51.9 Å². The molecule has 2 atom stereocenters. The summed E-state index contributed by atoms with van der Waals surface area (Å²) in [4.78, 5) is 8.89. The van der Waals surface area contributed by atoms with Gasteiger partial charge in [-0.3, -0.25) is 0 Å². The van der Waals surface area contributed by atoms with E-state index in [1.807, 2.05) is 6.92 Å². The number of aliphatic hydroxyl groups is 1. The molecule has 1 heterocycles. The van der Waals surface area contributed by atoms with Gasteiger partial charge < -0.3 is 20.5 Å². The first-order valence-electron chi connectivity index (χ1n) is 10.3. The molecule has 7 heteroatoms. The van der Waals surface area contributed by atoms with Gasteiger partial charge in [0.1, 0.15) is 17.5 Å². The summed E-state index contributed by atoms with van der Waals surface area (Å²) < 4.78 is 5.71. The minimum absolute atomic E-state index is 0.138. The van der Waals surface area contributed by atoms with Gasteiger partial charge in [-0.15, -0.1) is 0 Å². The van der Waals surface area contributed by atoms with Crippen molar-refractivity contribution < 1.29 is 9.84 Å². The SMILES string of the molecule is CCO[C@H]1CC[C@H](Nc2ncc(C#N)c(N[C@@H]3CCCC[C@H](O)C3)n2)CC1. The number of nitrogens with one attached hydrogen (secondary N) is 2. The van der Waals surface area contributed by atoms with Gasteiger partial charge in [0.15, 0.2) is 0 Å². The van der Waals surface area contributed by atoms with Crippen molar-refractivity contribution >= 4 is 11.8 Å². The van der Waals surface area contributed by atoms with E-state index in [4.69, 9.17) is 4.74 Å². The van der Waals surface area contributed by atoms with Crippen LogP contribution in [0.15, 0.2) is 6.20 Å². The van der Waals surface area contributed by atoms with Crippen molar-refractivity contribution in [2.45, 2.75) is 89.0 Å². The van der Waals surface area contributed by atoms with Crippen molar-refractivity contribution in [3.8, 4) is 6.07 Å². The second kappa shape index (κ2) is 9.86. The summed E-state index contributed by atoms with van der Waals surface area (Å²) in [6, 6.07) is 2.64. The van der Waals surface area contributed by atoms with Crippen LogP contribution in [0.2, 0.25) is 0 Å². The van der Waals surface area contributed by atoms with Crippen molar-refractivity contribution in [1.29, 1.82) is 5.26 Å². The van der Waals surface area contributed by atoms with Crippen LogP contribution < -0.4 is 10.6 Å². The summed E-state index contributed by atoms with van der Waals surface area (Å²) in [6.07, 6.45) is 10.5. The van der Waals surface area contributed by atoms with Crippen LogP contribution in [0.3, 0.4) is 0 Å². The Labute approximate surface area is 161 Å². The molecular weight excluding hydrogens is 342 g/mol. The standard InChI is InChI=1S/C20H31N5O2/c1-2-27-18-9-7-15(8-10-18)24-20-22-13-14(12-21)19(25-20)23-16-5-3-4-6-17(26)11-16/h13,15-18,26H,2-11H2,1H3,(H2,22,23,24,25)/t15-,16-,17+,18-/m1/s1. The van der Waals surface area contributed by atoms with Crippen molar-refractivity contribution in [3.63, 3.8) is 0 Å². The van der Waals surface area contributed by atoms with Gasteiger partial charge >= 0.3 is 0 Å². The van der Waals surface area contributed by atoms with Crippen LogP contribution in [0.5, 0.6) is 0 Å². The Balaban J connectivity index is 1.62. The summed E-state index contributed by atoms with van der Waals surface area (Å²) in [7, 11) is 0. The number of aliphatic hydroxyl groups excluding tert-OH is 1. The minimum Gasteiger partial charge on any atom is -0.393 e. The van der Waals surface area contributed by atoms with Crippen molar-refractivity contribution in [3.05, 3.63) is 11.8 Å². The summed E-state index contributed by atoms with van der Waals surface area (Å²) in [5, 5.41) is 26.2. The molecule has 148 valence electrons. The molecule has 3 N–H and O–H groups in total. The van der Waals surface area contributed by atoms with E-state index in [1.54, 1.807) is 6.20 Å². The smallest absolute Gasteiger partial charge is 0.224 e. The second-order valence-electron chi connectivity index (χ2n) is 7.66. The Morgan fingerprint density at radius 3 is 2.67 bits per heavy atom. The van der Waals surface area contributed by atoms with Crippen LogP contribution in [-0.4, -0.2) is 46.0 Å². The number of rotatable bonds is 6. The molecule has 1 aromatic rings. The molecule has 7 nitrogen and oxygen atoms in total. The van der Waals surface area contributed by atoms with E-state index in [1.165, 1.54) is 0 Å². The van der Waals surface area contributed by atoms with Crippen molar-refractivity contribution in [1.82, 2.24) is 9.97 Å². The van der Waals surface area contributed by atoms with E-state index in [0.29, 0.717) is 35.9 Å². The van der Waals surface area contributed by atoms with Gasteiger partial charge in [-0.25, -0.2) is 4.98 Å². The molecule has 2 fully saturated rings. The Kier molecular flexibility index (Phi) is 7.25. The molecule has 27 heavy (non-hydrogen) atoms. The number of nitrogens with zero attached hydrogens (tertiary/aromatic N) is 3. The Hall–Kier alpha value is -1.91. The van der Waals surface area contributed by atoms with E-state index in [9.17, 15) is 10.4 Å². The van der Waals surface area contributed by atoms with E-state index in [-0.39, 0.29) is 12.1 Å². The summed E-state index contributed by atoms with van der Waals surface area (Å²) in [5.74, 6) is 1.13. The molecule has 2 saturated carbocycles. The third-order valence-electron chi connectivity index (χ3n) is 5.56. The molecule has 0 spiro atoms. The molecule has 0 bridgehead atoms. The van der Waals surface area contributed by atoms with Crippen LogP contribution in [0.1, 0.15) is 70.3 Å². The lowest BCUT2D eigenvalue weighted by Crippen LogP contribution is -2.30. The maximum Gasteiger partial charge on any atom is 0.224 e. The number of anilines is 2. The van der Waals surface area contributed by atoms with E-state index in [0.717, 1.165) is 58.0 Å². The fraction of sp³-hybridized carbons (Fsp3) is 0.750. The molecule has 3 rings (SSSR count). The second-order valence-corrected chi connectivity index (χ2v) is 7.66. The van der Waals surface area contributed by atoms with Crippen LogP contribution in [0.4, 0.5) is 11.8 Å². The van der Waals surface area contributed by atoms with E-state index in [2.05, 4.69) is 26.7 Å². The van der Waals surface area contributed by atoms with Crippen LogP contribution >= 0.6 is 0 Å². The normalized spacial score (nSPS) is 28.8. The maximum atomic E-state index is 10.0. The van der Waals surface area contributed by atoms with Crippen LogP contribution in [0.25, 0.3) is 0 Å². The fourth-order valence-corrected chi connectivity index (χ4v) is 4.09. The van der Waals surface area contributed by atoms with E-state index < -0.39 is 0 Å². The summed E-state index contributed by atoms with van der Waals surface area (Å²) in [5.41, 5.74) is 0.444. The lowest BCUT2D eigenvalue weighted by molar-refractivity contribution is 0.0346. The fourth-order valence-electron chi connectivity index (χ4n) is 4.09. The van der Waals surface area contributed by atoms with Crippen molar-refractivity contribution in [2.24, 2.45) is 0 Å². The third-order valence-corrected chi connectivity index (χ3v) is 5.56. The molecule has 0 aromatic carbocycles. The molecule has 0 saturated heterocycles. The summed E-state index contributed by atoms with van der Waals surface area (Å²) >= 11 is 0. The maximum absolute atomic E-state index is 10.0. The topological polar surface area (TPSA) is 103 Å². The molecule has 2 aliphatic rings. The zero-order valence-electron chi connectivity index (χ0n) is 16.2. The molecule has 0 aliphatic heterocycles. The quantitative estimate of drug-likeness (QED) is 0.658. The number of aromatic nitrogens is 2. The Morgan fingerprint density at radius 1 is 1.15 bits per heavy atom. The average molecular weight is 374 g/mol. The highest BCUT2D eigenvalue weighted by Crippen LogP contribution is 2.25. The highest BCUT2D eigenvalue weighted by atomic mass is 16.5. The lowest BCUT2D eigenvalue weighted by atomic mass is 9.93. The van der Waals surface area contributed by atoms with Crippen molar-refractivity contribution in [2.75, 3.05) is 17.2 Å². The minimum atomic E-state index is -0.282. The van der Waals surface area contributed by atoms with E-state index >= 15 is 0 Å². The predicted octanol–water partition coefficient (Wildman–Crippen LogP) is 3.21. The number of hydrogen-bond donors (Lipinski definition) is 3. The first-order valence-corrected chi connectivity index (χ1v) is 10.3. The van der Waals surface area contributed by atoms with Gasteiger partial charge in [-0.1, -0.05) is 12.8 Å². The number of nitriles is 1. The van der Waals surface area contributed by atoms with Gasteiger partial charge in [-0.2, -0.15) is 10.2 Å². The largest absolute Gasteiger partial charge is 0.393 e. The van der Waals surface area contributed by atoms with Gasteiger partial charge in [0, 0.05) is 18.7 Å². The first kappa shape index (κ1) is 19.8. The van der Waals surface area contributed by atoms with Gasteiger partial charge in [0.25, 0.3) is 0 Å². The Bertz CT molecular complexity index is 640. The first-order chi connectivity index (χ1) is 13.2. The number of ether oxygens (including phenoxy) is 1.